The lowest BCUT2D eigenvalue weighted by Gasteiger charge is -2.01. The summed E-state index contributed by atoms with van der Waals surface area (Å²) < 4.78 is 0. The van der Waals surface area contributed by atoms with Crippen LogP contribution in [-0.4, -0.2) is 22.0 Å². The number of halogens is 1. The van der Waals surface area contributed by atoms with Crippen LogP contribution >= 0.6 is 15.9 Å². The molecule has 0 amide bonds. The Labute approximate surface area is 95.2 Å². The Bertz CT molecular complexity index is 503. The normalized spacial score (nSPS) is 11.0. The number of alkyl halides is 1. The van der Waals surface area contributed by atoms with Gasteiger partial charge in [-0.15, -0.1) is 0 Å². The Morgan fingerprint density at radius 1 is 1.27 bits per heavy atom. The van der Waals surface area contributed by atoms with Crippen molar-refractivity contribution in [3.63, 3.8) is 0 Å². The standard InChI is InChI=1S/C10H12BrN3O/c11-6-12-4-3-7-1-2-8-9(5-7)14-10(15)13-8/h1-2,5,12H,3-4,6H2,(H2,13,14,15). The maximum atomic E-state index is 11.0. The number of aromatic amines is 2. The molecule has 0 aliphatic heterocycles. The lowest BCUT2D eigenvalue weighted by Crippen LogP contribution is -2.14. The number of fused-ring (bicyclic) bond motifs is 1. The van der Waals surface area contributed by atoms with Gasteiger partial charge in [0.25, 0.3) is 0 Å². The van der Waals surface area contributed by atoms with Crippen LogP contribution in [0.25, 0.3) is 11.0 Å². The molecular weight excluding hydrogens is 258 g/mol. The Kier molecular flexibility index (Phi) is 3.23. The summed E-state index contributed by atoms with van der Waals surface area (Å²) in [5.41, 5.74) is 3.59. The molecule has 0 bridgehead atoms. The monoisotopic (exact) mass is 269 g/mol. The van der Waals surface area contributed by atoms with Crippen LogP contribution in [-0.2, 0) is 6.42 Å². The van der Waals surface area contributed by atoms with E-state index < -0.39 is 0 Å². The van der Waals surface area contributed by atoms with Gasteiger partial charge in [0.1, 0.15) is 0 Å². The van der Waals surface area contributed by atoms with Crippen molar-refractivity contribution in [2.45, 2.75) is 6.42 Å². The van der Waals surface area contributed by atoms with Crippen LogP contribution < -0.4 is 11.0 Å². The van der Waals surface area contributed by atoms with E-state index in [9.17, 15) is 4.79 Å². The molecule has 2 rings (SSSR count). The molecule has 0 spiro atoms. The fraction of sp³-hybridized carbons (Fsp3) is 0.300. The summed E-state index contributed by atoms with van der Waals surface area (Å²) in [6.07, 6.45) is 0.953. The van der Waals surface area contributed by atoms with Crippen LogP contribution in [0.5, 0.6) is 0 Å². The van der Waals surface area contributed by atoms with Crippen LogP contribution in [0.4, 0.5) is 0 Å². The van der Waals surface area contributed by atoms with E-state index in [0.717, 1.165) is 29.5 Å². The highest BCUT2D eigenvalue weighted by Crippen LogP contribution is 2.10. The minimum Gasteiger partial charge on any atom is -0.307 e. The summed E-state index contributed by atoms with van der Waals surface area (Å²) in [4.78, 5) is 16.5. The Balaban J connectivity index is 2.19. The zero-order chi connectivity index (χ0) is 10.7. The van der Waals surface area contributed by atoms with E-state index in [1.165, 1.54) is 5.56 Å². The van der Waals surface area contributed by atoms with Crippen molar-refractivity contribution in [2.24, 2.45) is 0 Å². The van der Waals surface area contributed by atoms with Crippen molar-refractivity contribution < 1.29 is 0 Å². The van der Waals surface area contributed by atoms with Crippen LogP contribution in [0.15, 0.2) is 23.0 Å². The summed E-state index contributed by atoms with van der Waals surface area (Å²) in [6, 6.07) is 5.96. The summed E-state index contributed by atoms with van der Waals surface area (Å²) in [6.45, 7) is 0.922. The number of H-pyrrole nitrogens is 2. The van der Waals surface area contributed by atoms with E-state index in [-0.39, 0.29) is 5.69 Å². The summed E-state index contributed by atoms with van der Waals surface area (Å²) in [7, 11) is 0. The summed E-state index contributed by atoms with van der Waals surface area (Å²) >= 11 is 3.30. The van der Waals surface area contributed by atoms with Gasteiger partial charge < -0.3 is 15.3 Å². The van der Waals surface area contributed by atoms with Crippen molar-refractivity contribution in [3.8, 4) is 0 Å². The van der Waals surface area contributed by atoms with Gasteiger partial charge in [-0.2, -0.15) is 0 Å². The van der Waals surface area contributed by atoms with Crippen LogP contribution in [0, 0.1) is 0 Å². The number of nitrogens with one attached hydrogen (secondary N) is 3. The summed E-state index contributed by atoms with van der Waals surface area (Å²) in [5.74, 6) is 0. The van der Waals surface area contributed by atoms with E-state index in [0.29, 0.717) is 0 Å². The average molecular weight is 270 g/mol. The van der Waals surface area contributed by atoms with Gasteiger partial charge in [-0.1, -0.05) is 22.0 Å². The molecule has 0 fully saturated rings. The van der Waals surface area contributed by atoms with Gasteiger partial charge in [0.05, 0.1) is 16.5 Å². The van der Waals surface area contributed by atoms with Gasteiger partial charge in [-0.05, 0) is 30.7 Å². The molecule has 0 saturated carbocycles. The first kappa shape index (κ1) is 10.4. The first-order chi connectivity index (χ1) is 7.29. The largest absolute Gasteiger partial charge is 0.323 e. The highest BCUT2D eigenvalue weighted by Gasteiger charge is 1.99. The van der Waals surface area contributed by atoms with Gasteiger partial charge in [0.15, 0.2) is 0 Å². The van der Waals surface area contributed by atoms with E-state index in [1.807, 2.05) is 18.2 Å². The predicted molar refractivity (Wildman–Crippen MR) is 64.4 cm³/mol. The van der Waals surface area contributed by atoms with Crippen LogP contribution in [0.3, 0.4) is 0 Å². The fourth-order valence-electron chi connectivity index (χ4n) is 1.53. The first-order valence-corrected chi connectivity index (χ1v) is 5.89. The van der Waals surface area contributed by atoms with Gasteiger partial charge in [-0.25, -0.2) is 4.79 Å². The van der Waals surface area contributed by atoms with E-state index in [2.05, 4.69) is 31.2 Å². The smallest absolute Gasteiger partial charge is 0.307 e. The second-order valence-electron chi connectivity index (χ2n) is 3.34. The third-order valence-corrected chi connectivity index (χ3v) is 2.66. The van der Waals surface area contributed by atoms with E-state index in [4.69, 9.17) is 0 Å². The lowest BCUT2D eigenvalue weighted by molar-refractivity contribution is 0.779. The Morgan fingerprint density at radius 3 is 2.87 bits per heavy atom. The molecule has 0 atom stereocenters. The first-order valence-electron chi connectivity index (χ1n) is 4.77. The number of hydrogen-bond donors (Lipinski definition) is 3. The molecule has 3 N–H and O–H groups in total. The third kappa shape index (κ3) is 2.49. The number of rotatable bonds is 4. The van der Waals surface area contributed by atoms with Crippen molar-refractivity contribution in [2.75, 3.05) is 12.0 Å². The molecule has 1 heterocycles. The van der Waals surface area contributed by atoms with Crippen molar-refractivity contribution in [1.29, 1.82) is 0 Å². The van der Waals surface area contributed by atoms with Gasteiger partial charge >= 0.3 is 5.69 Å². The minimum absolute atomic E-state index is 0.152. The number of imidazole rings is 1. The molecule has 2 aromatic rings. The van der Waals surface area contributed by atoms with E-state index in [1.54, 1.807) is 0 Å². The second-order valence-corrected chi connectivity index (χ2v) is 3.90. The van der Waals surface area contributed by atoms with E-state index >= 15 is 0 Å². The molecule has 4 nitrogen and oxygen atoms in total. The van der Waals surface area contributed by atoms with Crippen LogP contribution in [0.1, 0.15) is 5.56 Å². The molecule has 0 saturated heterocycles. The molecule has 1 aromatic heterocycles. The van der Waals surface area contributed by atoms with Gasteiger partial charge in [0.2, 0.25) is 0 Å². The second kappa shape index (κ2) is 4.63. The highest BCUT2D eigenvalue weighted by atomic mass is 79.9. The Morgan fingerprint density at radius 2 is 2.07 bits per heavy atom. The molecule has 0 aliphatic carbocycles. The average Bonchev–Trinajstić information content (AvgIpc) is 2.57. The molecule has 15 heavy (non-hydrogen) atoms. The van der Waals surface area contributed by atoms with Crippen molar-refractivity contribution in [1.82, 2.24) is 15.3 Å². The topological polar surface area (TPSA) is 60.7 Å². The highest BCUT2D eigenvalue weighted by molar-refractivity contribution is 9.09. The van der Waals surface area contributed by atoms with Gasteiger partial charge in [0, 0.05) is 0 Å². The number of aromatic nitrogens is 2. The molecule has 5 heteroatoms. The summed E-state index contributed by atoms with van der Waals surface area (Å²) in [5, 5.41) is 3.19. The van der Waals surface area contributed by atoms with Crippen LogP contribution in [0.2, 0.25) is 0 Å². The molecule has 0 aliphatic rings. The Hall–Kier alpha value is -1.07. The number of hydrogen-bond acceptors (Lipinski definition) is 2. The maximum Gasteiger partial charge on any atom is 0.323 e. The predicted octanol–water partition coefficient (Wildman–Crippen LogP) is 1.34. The zero-order valence-electron chi connectivity index (χ0n) is 8.14. The third-order valence-electron chi connectivity index (χ3n) is 2.27. The molecule has 80 valence electrons. The fourth-order valence-corrected chi connectivity index (χ4v) is 1.82. The van der Waals surface area contributed by atoms with Gasteiger partial charge in [-0.3, -0.25) is 0 Å². The van der Waals surface area contributed by atoms with Crippen molar-refractivity contribution >= 4 is 27.0 Å². The SMILES string of the molecule is O=c1[nH]c2ccc(CCNCBr)cc2[nH]1. The zero-order valence-corrected chi connectivity index (χ0v) is 9.73. The molecule has 1 aromatic carbocycles. The molecule has 0 unspecified atom stereocenters. The minimum atomic E-state index is -0.152. The van der Waals surface area contributed by atoms with Crippen molar-refractivity contribution in [3.05, 3.63) is 34.2 Å². The number of benzene rings is 1. The maximum absolute atomic E-state index is 11.0. The lowest BCUT2D eigenvalue weighted by atomic mass is 10.1. The quantitative estimate of drug-likeness (QED) is 0.446. The molecule has 0 radical (unpaired) electrons. The molecular formula is C10H12BrN3O.